The molecule has 0 bridgehead atoms. The van der Waals surface area contributed by atoms with Crippen LogP contribution in [0.2, 0.25) is 0 Å². The lowest BCUT2D eigenvalue weighted by Gasteiger charge is -2.34. The van der Waals surface area contributed by atoms with Gasteiger partial charge < -0.3 is 9.64 Å². The topological polar surface area (TPSA) is 29.5 Å². The van der Waals surface area contributed by atoms with Crippen LogP contribution in [0.25, 0.3) is 0 Å². The van der Waals surface area contributed by atoms with Gasteiger partial charge in [0.2, 0.25) is 5.91 Å². The molecule has 3 nitrogen and oxygen atoms in total. The third-order valence-electron chi connectivity index (χ3n) is 3.98. The molecular weight excluding hydrogens is 282 g/mol. The summed E-state index contributed by atoms with van der Waals surface area (Å²) in [7, 11) is 0. The third kappa shape index (κ3) is 3.02. The Hall–Kier alpha value is -0.0900. The molecule has 0 aliphatic carbocycles. The number of hydrogen-bond acceptors (Lipinski definition) is 2. The molecule has 3 unspecified atom stereocenters. The Morgan fingerprint density at radius 2 is 2.29 bits per heavy atom. The van der Waals surface area contributed by atoms with Crippen LogP contribution in [0.5, 0.6) is 0 Å². The van der Waals surface area contributed by atoms with Gasteiger partial charge in [0.25, 0.3) is 0 Å². The molecule has 17 heavy (non-hydrogen) atoms. The number of piperidine rings is 1. The predicted molar refractivity (Wildman–Crippen MR) is 71.2 cm³/mol. The minimum absolute atomic E-state index is 0.120. The Morgan fingerprint density at radius 3 is 3.00 bits per heavy atom. The first-order valence-corrected chi connectivity index (χ1v) is 7.84. The molecular formula is C13H22BrNO2. The molecule has 0 N–H and O–H groups in total. The first-order chi connectivity index (χ1) is 8.26. The van der Waals surface area contributed by atoms with Gasteiger partial charge in [-0.1, -0.05) is 22.9 Å². The highest BCUT2D eigenvalue weighted by molar-refractivity contribution is 9.09. The number of carbonyl (C=O) groups excluding carboxylic acids is 1. The number of likely N-dealkylation sites (tertiary alicyclic amines) is 1. The van der Waals surface area contributed by atoms with Crippen LogP contribution in [0.4, 0.5) is 0 Å². The van der Waals surface area contributed by atoms with Crippen molar-refractivity contribution in [2.45, 2.75) is 38.7 Å². The lowest BCUT2D eigenvalue weighted by atomic mass is 9.94. The fourth-order valence-corrected chi connectivity index (χ4v) is 3.49. The molecule has 2 aliphatic heterocycles. The highest BCUT2D eigenvalue weighted by Gasteiger charge is 2.36. The number of ether oxygens (including phenoxy) is 1. The van der Waals surface area contributed by atoms with Gasteiger partial charge in [0.05, 0.1) is 12.0 Å². The fraction of sp³-hybridized carbons (Fsp3) is 0.923. The van der Waals surface area contributed by atoms with Crippen molar-refractivity contribution in [1.29, 1.82) is 0 Å². The van der Waals surface area contributed by atoms with Crippen LogP contribution < -0.4 is 0 Å². The molecule has 2 rings (SSSR count). The highest BCUT2D eigenvalue weighted by Crippen LogP contribution is 2.28. The number of carbonyl (C=O) groups is 1. The number of hydrogen-bond donors (Lipinski definition) is 0. The minimum atomic E-state index is 0.120. The summed E-state index contributed by atoms with van der Waals surface area (Å²) in [4.78, 5) is 14.5. The lowest BCUT2D eigenvalue weighted by molar-refractivity contribution is -0.139. The summed E-state index contributed by atoms with van der Waals surface area (Å²) in [5, 5.41) is 1.01. The van der Waals surface area contributed by atoms with Crippen molar-refractivity contribution in [3.63, 3.8) is 0 Å². The summed E-state index contributed by atoms with van der Waals surface area (Å²) in [6, 6.07) is 0. The number of amides is 1. The molecule has 0 aromatic heterocycles. The van der Waals surface area contributed by atoms with Crippen LogP contribution in [0, 0.1) is 11.8 Å². The van der Waals surface area contributed by atoms with E-state index in [0.717, 1.165) is 44.3 Å². The van der Waals surface area contributed by atoms with Gasteiger partial charge in [-0.15, -0.1) is 0 Å². The van der Waals surface area contributed by atoms with Gasteiger partial charge in [0, 0.05) is 25.0 Å². The van der Waals surface area contributed by atoms with Gasteiger partial charge in [-0.25, -0.2) is 0 Å². The third-order valence-corrected chi connectivity index (χ3v) is 4.89. The molecule has 0 saturated carbocycles. The first-order valence-electron chi connectivity index (χ1n) is 6.72. The van der Waals surface area contributed by atoms with E-state index >= 15 is 0 Å². The molecule has 2 saturated heterocycles. The van der Waals surface area contributed by atoms with Gasteiger partial charge in [0.1, 0.15) is 0 Å². The second kappa shape index (κ2) is 6.19. The average Bonchev–Trinajstić information content (AvgIpc) is 2.86. The summed E-state index contributed by atoms with van der Waals surface area (Å²) >= 11 is 3.53. The van der Waals surface area contributed by atoms with Crippen molar-refractivity contribution in [2.24, 2.45) is 11.8 Å². The molecule has 0 radical (unpaired) electrons. The Morgan fingerprint density at radius 1 is 1.47 bits per heavy atom. The maximum Gasteiger partial charge on any atom is 0.228 e. The van der Waals surface area contributed by atoms with E-state index in [2.05, 4.69) is 27.8 Å². The molecule has 4 heteroatoms. The average molecular weight is 304 g/mol. The minimum Gasteiger partial charge on any atom is -0.377 e. The maximum absolute atomic E-state index is 12.5. The van der Waals surface area contributed by atoms with E-state index < -0.39 is 0 Å². The Kier molecular flexibility index (Phi) is 4.86. The van der Waals surface area contributed by atoms with Gasteiger partial charge >= 0.3 is 0 Å². The van der Waals surface area contributed by atoms with E-state index in [-0.39, 0.29) is 12.0 Å². The smallest absolute Gasteiger partial charge is 0.228 e. The molecule has 0 spiro atoms. The summed E-state index contributed by atoms with van der Waals surface area (Å²) in [5.41, 5.74) is 0. The van der Waals surface area contributed by atoms with E-state index in [1.165, 1.54) is 6.42 Å². The van der Waals surface area contributed by atoms with E-state index in [1.54, 1.807) is 0 Å². The maximum atomic E-state index is 12.5. The van der Waals surface area contributed by atoms with Gasteiger partial charge in [0.15, 0.2) is 0 Å². The van der Waals surface area contributed by atoms with Gasteiger partial charge in [-0.3, -0.25) is 4.79 Å². The Bertz CT molecular complexity index is 272. The zero-order valence-electron chi connectivity index (χ0n) is 10.5. The number of nitrogens with zero attached hydrogens (tertiary/aromatic N) is 1. The summed E-state index contributed by atoms with van der Waals surface area (Å²) in [6.45, 7) is 4.73. The monoisotopic (exact) mass is 303 g/mol. The largest absolute Gasteiger partial charge is 0.377 e. The summed E-state index contributed by atoms with van der Waals surface area (Å²) in [5.74, 6) is 1.09. The van der Waals surface area contributed by atoms with Crippen molar-refractivity contribution in [1.82, 2.24) is 4.90 Å². The summed E-state index contributed by atoms with van der Waals surface area (Å²) < 4.78 is 5.62. The van der Waals surface area contributed by atoms with E-state index in [9.17, 15) is 4.79 Å². The van der Waals surface area contributed by atoms with Crippen LogP contribution in [0.3, 0.4) is 0 Å². The predicted octanol–water partition coefficient (Wildman–Crippen LogP) is 2.44. The molecule has 1 amide bonds. The summed E-state index contributed by atoms with van der Waals surface area (Å²) in [6.07, 6.45) is 4.41. The normalized spacial score (nSPS) is 34.0. The van der Waals surface area contributed by atoms with Crippen molar-refractivity contribution in [3.05, 3.63) is 0 Å². The van der Waals surface area contributed by atoms with Crippen LogP contribution >= 0.6 is 15.9 Å². The number of rotatable bonds is 3. The molecule has 2 fully saturated rings. The number of alkyl halides is 1. The van der Waals surface area contributed by atoms with Crippen molar-refractivity contribution in [3.8, 4) is 0 Å². The number of halogens is 1. The Balaban J connectivity index is 1.94. The Labute approximate surface area is 112 Å². The van der Waals surface area contributed by atoms with Crippen LogP contribution in [0.15, 0.2) is 0 Å². The lowest BCUT2D eigenvalue weighted by Crippen LogP contribution is -2.45. The second-order valence-corrected chi connectivity index (χ2v) is 5.81. The molecule has 0 aromatic rings. The van der Waals surface area contributed by atoms with Crippen molar-refractivity contribution >= 4 is 21.8 Å². The van der Waals surface area contributed by atoms with Crippen LogP contribution in [-0.2, 0) is 9.53 Å². The van der Waals surface area contributed by atoms with E-state index in [4.69, 9.17) is 4.74 Å². The quantitative estimate of drug-likeness (QED) is 0.750. The van der Waals surface area contributed by atoms with Crippen LogP contribution in [0.1, 0.15) is 32.6 Å². The van der Waals surface area contributed by atoms with Gasteiger partial charge in [-0.05, 0) is 31.6 Å². The molecule has 3 atom stereocenters. The fourth-order valence-electron chi connectivity index (χ4n) is 2.96. The second-order valence-electron chi connectivity index (χ2n) is 5.16. The zero-order valence-corrected chi connectivity index (χ0v) is 12.1. The van der Waals surface area contributed by atoms with Gasteiger partial charge in [-0.2, -0.15) is 0 Å². The standard InChI is InChI=1S/C13H22BrNO2/c1-2-12-11(5-7-17-12)13(16)15-6-3-4-10(8-14)9-15/h10-12H,2-9H2,1H3. The SMILES string of the molecule is CCC1OCCC1C(=O)N1CCCC(CBr)C1. The molecule has 0 aromatic carbocycles. The highest BCUT2D eigenvalue weighted by atomic mass is 79.9. The van der Waals surface area contributed by atoms with E-state index in [0.29, 0.717) is 11.8 Å². The molecule has 98 valence electrons. The molecule has 2 heterocycles. The van der Waals surface area contributed by atoms with E-state index in [1.807, 2.05) is 0 Å². The first kappa shape index (κ1) is 13.3. The van der Waals surface area contributed by atoms with Crippen molar-refractivity contribution in [2.75, 3.05) is 25.0 Å². The zero-order chi connectivity index (χ0) is 12.3. The molecule has 2 aliphatic rings. The van der Waals surface area contributed by atoms with Crippen LogP contribution in [-0.4, -0.2) is 41.9 Å². The van der Waals surface area contributed by atoms with Crippen molar-refractivity contribution < 1.29 is 9.53 Å².